The van der Waals surface area contributed by atoms with E-state index in [1.807, 2.05) is 36.4 Å². The predicted octanol–water partition coefficient (Wildman–Crippen LogP) is 10.5. The summed E-state index contributed by atoms with van der Waals surface area (Å²) in [5, 5.41) is 0. The average molecular weight is 694 g/mol. The smallest absolute Gasteiger partial charge is 0.416 e. The van der Waals surface area contributed by atoms with Gasteiger partial charge in [-0.2, -0.15) is 26.3 Å². The lowest BCUT2D eigenvalue weighted by atomic mass is 9.73. The van der Waals surface area contributed by atoms with Crippen molar-refractivity contribution in [2.45, 2.75) is 44.5 Å². The minimum atomic E-state index is -4.60. The van der Waals surface area contributed by atoms with Crippen molar-refractivity contribution in [2.75, 3.05) is 18.1 Å². The monoisotopic (exact) mass is 693 g/mol. The molecule has 1 aliphatic carbocycles. The van der Waals surface area contributed by atoms with Crippen LogP contribution in [0.3, 0.4) is 0 Å². The second kappa shape index (κ2) is 13.9. The Morgan fingerprint density at radius 2 is 1.04 bits per heavy atom. The molecule has 0 saturated carbocycles. The number of halogens is 6. The molecule has 0 radical (unpaired) electrons. The first-order chi connectivity index (χ1) is 23.5. The van der Waals surface area contributed by atoms with Crippen molar-refractivity contribution in [3.8, 4) is 11.1 Å². The van der Waals surface area contributed by atoms with Crippen LogP contribution in [0.2, 0.25) is 0 Å². The summed E-state index contributed by atoms with van der Waals surface area (Å²) in [4.78, 5) is 26.3. The molecule has 0 saturated heterocycles. The standard InChI is InChI=1S/C39H33F6NO4/c1-24(2)35(47)49-21-19-37(20-22-50-36(48)25(3)4)33-8-6-5-7-31(33)32-18-17-30(23-34(32)37)46(28-13-9-26(10-14-28)38(40,41)42)29-15-11-27(12-16-29)39(43,44)45/h5-18,23H,1,3,19-22H2,2,4H3. The summed E-state index contributed by atoms with van der Waals surface area (Å²) in [6.45, 7) is 10.3. The van der Waals surface area contributed by atoms with Crippen LogP contribution in [-0.4, -0.2) is 25.2 Å². The molecule has 0 unspecified atom stereocenters. The van der Waals surface area contributed by atoms with E-state index in [4.69, 9.17) is 9.47 Å². The van der Waals surface area contributed by atoms with E-state index in [1.165, 1.54) is 38.1 Å². The summed E-state index contributed by atoms with van der Waals surface area (Å²) in [5.41, 5.74) is 2.07. The topological polar surface area (TPSA) is 55.8 Å². The van der Waals surface area contributed by atoms with Crippen LogP contribution < -0.4 is 4.90 Å². The molecule has 0 bridgehead atoms. The van der Waals surface area contributed by atoms with Crippen molar-refractivity contribution in [3.05, 3.63) is 138 Å². The maximum absolute atomic E-state index is 13.5. The number of esters is 2. The molecule has 11 heteroatoms. The Morgan fingerprint density at radius 1 is 0.620 bits per heavy atom. The summed E-state index contributed by atoms with van der Waals surface area (Å²) in [6, 6.07) is 21.6. The predicted molar refractivity (Wildman–Crippen MR) is 178 cm³/mol. The summed E-state index contributed by atoms with van der Waals surface area (Å²) in [5.74, 6) is -1.16. The molecule has 0 aliphatic heterocycles. The van der Waals surface area contributed by atoms with Crippen molar-refractivity contribution in [2.24, 2.45) is 0 Å². The van der Waals surface area contributed by atoms with Gasteiger partial charge in [0.05, 0.1) is 24.3 Å². The Balaban J connectivity index is 1.67. The Morgan fingerprint density at radius 3 is 1.48 bits per heavy atom. The van der Waals surface area contributed by atoms with Crippen LogP contribution in [0.25, 0.3) is 11.1 Å². The molecule has 0 spiro atoms. The van der Waals surface area contributed by atoms with Crippen molar-refractivity contribution >= 4 is 29.0 Å². The summed E-state index contributed by atoms with van der Waals surface area (Å²) in [7, 11) is 0. The molecule has 0 fully saturated rings. The molecular formula is C39H33F6NO4. The Kier molecular flexibility index (Phi) is 9.99. The van der Waals surface area contributed by atoms with Crippen LogP contribution in [0.5, 0.6) is 0 Å². The lowest BCUT2D eigenvalue weighted by molar-refractivity contribution is -0.140. The fraction of sp³-hybridized carbons (Fsp3) is 0.231. The minimum Gasteiger partial charge on any atom is -0.462 e. The molecule has 1 aliphatic rings. The molecule has 0 heterocycles. The summed E-state index contributed by atoms with van der Waals surface area (Å²) < 4.78 is 92.0. The summed E-state index contributed by atoms with van der Waals surface area (Å²) >= 11 is 0. The highest BCUT2D eigenvalue weighted by molar-refractivity contribution is 5.88. The van der Waals surface area contributed by atoms with Crippen LogP contribution in [-0.2, 0) is 36.8 Å². The van der Waals surface area contributed by atoms with Crippen LogP contribution in [0.15, 0.2) is 115 Å². The number of carbonyl (C=O) groups excluding carboxylic acids is 2. The van der Waals surface area contributed by atoms with Crippen molar-refractivity contribution in [1.82, 2.24) is 0 Å². The normalized spacial score (nSPS) is 13.2. The Labute approximate surface area is 285 Å². The maximum atomic E-state index is 13.5. The van der Waals surface area contributed by atoms with Crippen LogP contribution >= 0.6 is 0 Å². The van der Waals surface area contributed by atoms with Gasteiger partial charge in [-0.3, -0.25) is 0 Å². The van der Waals surface area contributed by atoms with Crippen molar-refractivity contribution in [1.29, 1.82) is 0 Å². The molecule has 0 atom stereocenters. The second-order valence-electron chi connectivity index (χ2n) is 12.1. The molecule has 5 rings (SSSR count). The lowest BCUT2D eigenvalue weighted by Gasteiger charge is -2.33. The van der Waals surface area contributed by atoms with Crippen LogP contribution in [0, 0.1) is 0 Å². The van der Waals surface area contributed by atoms with Gasteiger partial charge in [-0.25, -0.2) is 9.59 Å². The van der Waals surface area contributed by atoms with Gasteiger partial charge in [0.15, 0.2) is 0 Å². The highest BCUT2D eigenvalue weighted by atomic mass is 19.4. The van der Waals surface area contributed by atoms with E-state index >= 15 is 0 Å². The molecule has 0 aromatic heterocycles. The zero-order chi connectivity index (χ0) is 36.4. The van der Waals surface area contributed by atoms with Gasteiger partial charge in [0, 0.05) is 33.6 Å². The number of fused-ring (bicyclic) bond motifs is 3. The molecule has 0 amide bonds. The molecule has 4 aromatic rings. The van der Waals surface area contributed by atoms with Gasteiger partial charge in [-0.05, 0) is 110 Å². The first kappa shape index (κ1) is 36.0. The fourth-order valence-electron chi connectivity index (χ4n) is 6.17. The third-order valence-corrected chi connectivity index (χ3v) is 8.64. The van der Waals surface area contributed by atoms with E-state index in [9.17, 15) is 35.9 Å². The quantitative estimate of drug-likeness (QED) is 0.0889. The summed E-state index contributed by atoms with van der Waals surface area (Å²) in [6.07, 6.45) is -8.69. The van der Waals surface area contributed by atoms with Gasteiger partial charge < -0.3 is 14.4 Å². The number of hydrogen-bond donors (Lipinski definition) is 0. The van der Waals surface area contributed by atoms with Crippen LogP contribution in [0.4, 0.5) is 43.4 Å². The van der Waals surface area contributed by atoms with Gasteiger partial charge in [-0.15, -0.1) is 0 Å². The third kappa shape index (κ3) is 7.31. The Bertz CT molecular complexity index is 1840. The van der Waals surface area contributed by atoms with Crippen molar-refractivity contribution in [3.63, 3.8) is 0 Å². The number of ether oxygens (including phenoxy) is 2. The van der Waals surface area contributed by atoms with Gasteiger partial charge in [-0.1, -0.05) is 43.5 Å². The van der Waals surface area contributed by atoms with Gasteiger partial charge >= 0.3 is 24.3 Å². The number of alkyl halides is 6. The van der Waals surface area contributed by atoms with Gasteiger partial charge in [0.25, 0.3) is 0 Å². The number of carbonyl (C=O) groups is 2. The molecule has 5 nitrogen and oxygen atoms in total. The highest BCUT2D eigenvalue weighted by Gasteiger charge is 2.44. The first-order valence-corrected chi connectivity index (χ1v) is 15.6. The number of anilines is 3. The molecule has 4 aromatic carbocycles. The maximum Gasteiger partial charge on any atom is 0.416 e. The number of benzene rings is 4. The number of rotatable bonds is 11. The molecule has 50 heavy (non-hydrogen) atoms. The third-order valence-electron chi connectivity index (χ3n) is 8.64. The fourth-order valence-corrected chi connectivity index (χ4v) is 6.17. The molecule has 260 valence electrons. The SMILES string of the molecule is C=C(C)C(=O)OCCC1(CCOC(=O)C(=C)C)c2ccccc2-c2ccc(N(c3ccc(C(F)(F)F)cc3)c3ccc(C(F)(F)F)cc3)cc21. The zero-order valence-electron chi connectivity index (χ0n) is 27.3. The van der Waals surface area contributed by atoms with Gasteiger partial charge in [0.2, 0.25) is 0 Å². The van der Waals surface area contributed by atoms with Crippen LogP contribution in [0.1, 0.15) is 48.9 Å². The highest BCUT2D eigenvalue weighted by Crippen LogP contribution is 2.54. The average Bonchev–Trinajstić information content (AvgIpc) is 3.33. The number of nitrogens with zero attached hydrogens (tertiary/aromatic N) is 1. The van der Waals surface area contributed by atoms with E-state index < -0.39 is 40.8 Å². The molecular weight excluding hydrogens is 660 g/mol. The molecule has 0 N–H and O–H groups in total. The van der Waals surface area contributed by atoms with Crippen molar-refractivity contribution < 1.29 is 45.4 Å². The lowest BCUT2D eigenvalue weighted by Crippen LogP contribution is -2.30. The van der Waals surface area contributed by atoms with E-state index in [-0.39, 0.29) is 48.6 Å². The number of hydrogen-bond acceptors (Lipinski definition) is 5. The van der Waals surface area contributed by atoms with Gasteiger partial charge in [0.1, 0.15) is 0 Å². The minimum absolute atomic E-state index is 0.0281. The van der Waals surface area contributed by atoms with E-state index in [0.717, 1.165) is 46.5 Å². The van der Waals surface area contributed by atoms with E-state index in [0.29, 0.717) is 5.69 Å². The second-order valence-corrected chi connectivity index (χ2v) is 12.1. The zero-order valence-corrected chi connectivity index (χ0v) is 27.3. The Hall–Kier alpha value is -5.32. The van der Waals surface area contributed by atoms with E-state index in [2.05, 4.69) is 13.2 Å². The van der Waals surface area contributed by atoms with E-state index in [1.54, 1.807) is 11.0 Å². The largest absolute Gasteiger partial charge is 0.462 e. The first-order valence-electron chi connectivity index (χ1n) is 15.6.